The van der Waals surface area contributed by atoms with Gasteiger partial charge in [-0.05, 0) is 47.4 Å². The van der Waals surface area contributed by atoms with Crippen molar-refractivity contribution in [1.29, 1.82) is 0 Å². The molecule has 0 aliphatic carbocycles. The number of benzene rings is 2. The van der Waals surface area contributed by atoms with Gasteiger partial charge in [0.05, 0.1) is 24.4 Å². The van der Waals surface area contributed by atoms with Gasteiger partial charge in [-0.2, -0.15) is 0 Å². The first-order chi connectivity index (χ1) is 15.7. The number of rotatable bonds is 10. The Hall–Kier alpha value is -3.35. The monoisotopic (exact) mass is 443 g/mol. The van der Waals surface area contributed by atoms with Crippen LogP contribution < -0.4 is 10.1 Å². The van der Waals surface area contributed by atoms with E-state index >= 15 is 0 Å². The van der Waals surface area contributed by atoms with Crippen molar-refractivity contribution >= 4 is 17.1 Å². The van der Waals surface area contributed by atoms with Crippen LogP contribution in [-0.4, -0.2) is 28.9 Å². The molecule has 5 nitrogen and oxygen atoms in total. The minimum Gasteiger partial charge on any atom is -0.496 e. The molecule has 0 radical (unpaired) electrons. The van der Waals surface area contributed by atoms with Crippen molar-refractivity contribution in [3.8, 4) is 16.9 Å². The number of carbonyl (C=O) groups is 1. The molecule has 0 aliphatic rings. The number of nitrogens with zero attached hydrogens (tertiary/aromatic N) is 2. The number of pyridine rings is 1. The highest BCUT2D eigenvalue weighted by molar-refractivity contribution is 7.07. The number of hydrogen-bond donors (Lipinski definition) is 1. The molecular formula is C26H25N3O2S. The van der Waals surface area contributed by atoms with Gasteiger partial charge < -0.3 is 10.1 Å². The predicted molar refractivity (Wildman–Crippen MR) is 128 cm³/mol. The van der Waals surface area contributed by atoms with Crippen molar-refractivity contribution in [1.82, 2.24) is 15.3 Å². The molecule has 0 bridgehead atoms. The topological polar surface area (TPSA) is 64.1 Å². The van der Waals surface area contributed by atoms with E-state index in [2.05, 4.69) is 27.4 Å². The van der Waals surface area contributed by atoms with E-state index in [-0.39, 0.29) is 11.8 Å². The lowest BCUT2D eigenvalue weighted by molar-refractivity contribution is -0.120. The van der Waals surface area contributed by atoms with E-state index in [1.807, 2.05) is 59.4 Å². The van der Waals surface area contributed by atoms with Crippen LogP contribution in [0.25, 0.3) is 11.1 Å². The molecule has 4 aromatic rings. The Kier molecular flexibility index (Phi) is 7.38. The summed E-state index contributed by atoms with van der Waals surface area (Å²) in [4.78, 5) is 21.8. The molecule has 1 N–H and O–H groups in total. The Bertz CT molecular complexity index is 1130. The summed E-state index contributed by atoms with van der Waals surface area (Å²) in [6.45, 7) is 0.567. The fraction of sp³-hybridized carbons (Fsp3) is 0.192. The van der Waals surface area contributed by atoms with Crippen LogP contribution in [0.5, 0.6) is 5.75 Å². The summed E-state index contributed by atoms with van der Waals surface area (Å²) in [7, 11) is 1.66. The first-order valence-electron chi connectivity index (χ1n) is 10.5. The third-order valence-corrected chi connectivity index (χ3v) is 5.95. The Morgan fingerprint density at radius 3 is 2.59 bits per heavy atom. The van der Waals surface area contributed by atoms with E-state index in [4.69, 9.17) is 4.74 Å². The first kappa shape index (κ1) is 21.9. The molecular weight excluding hydrogens is 418 g/mol. The Morgan fingerprint density at radius 2 is 1.88 bits per heavy atom. The maximum absolute atomic E-state index is 13.4. The lowest BCUT2D eigenvalue weighted by atomic mass is 9.95. The zero-order chi connectivity index (χ0) is 22.2. The Balaban J connectivity index is 1.54. The maximum atomic E-state index is 13.4. The van der Waals surface area contributed by atoms with Crippen molar-refractivity contribution in [3.05, 3.63) is 101 Å². The summed E-state index contributed by atoms with van der Waals surface area (Å²) in [5, 5.41) is 5.42. The van der Waals surface area contributed by atoms with Crippen LogP contribution in [0.4, 0.5) is 0 Å². The molecule has 4 rings (SSSR count). The van der Waals surface area contributed by atoms with Gasteiger partial charge in [-0.25, -0.2) is 4.98 Å². The van der Waals surface area contributed by atoms with Crippen molar-refractivity contribution in [2.75, 3.05) is 7.11 Å². The lowest BCUT2D eigenvalue weighted by Crippen LogP contribution is -2.39. The van der Waals surface area contributed by atoms with E-state index in [0.29, 0.717) is 19.4 Å². The van der Waals surface area contributed by atoms with Gasteiger partial charge in [-0.15, -0.1) is 11.3 Å². The number of carbonyl (C=O) groups excluding carboxylic acids is 1. The van der Waals surface area contributed by atoms with Crippen LogP contribution in [0.15, 0.2) is 83.9 Å². The summed E-state index contributed by atoms with van der Waals surface area (Å²) < 4.78 is 5.54. The van der Waals surface area contributed by atoms with E-state index in [0.717, 1.165) is 33.7 Å². The zero-order valence-electron chi connectivity index (χ0n) is 17.9. The molecule has 162 valence electrons. The van der Waals surface area contributed by atoms with Crippen LogP contribution in [0.2, 0.25) is 0 Å². The van der Waals surface area contributed by atoms with E-state index in [1.165, 1.54) is 0 Å². The van der Waals surface area contributed by atoms with Crippen LogP contribution in [0.3, 0.4) is 0 Å². The van der Waals surface area contributed by atoms with Gasteiger partial charge in [0.1, 0.15) is 5.75 Å². The Morgan fingerprint density at radius 1 is 1.06 bits per heavy atom. The molecule has 2 aromatic carbocycles. The number of hydrogen-bond acceptors (Lipinski definition) is 6. The summed E-state index contributed by atoms with van der Waals surface area (Å²) in [5.41, 5.74) is 6.80. The van der Waals surface area contributed by atoms with Crippen LogP contribution in [0.1, 0.15) is 16.8 Å². The third-order valence-electron chi connectivity index (χ3n) is 5.32. The second-order valence-electron chi connectivity index (χ2n) is 7.52. The molecule has 0 amide bonds. The van der Waals surface area contributed by atoms with E-state index in [9.17, 15) is 4.79 Å². The number of ether oxygens (including phenoxy) is 1. The Labute approximate surface area is 192 Å². The van der Waals surface area contributed by atoms with Crippen molar-refractivity contribution < 1.29 is 9.53 Å². The average Bonchev–Trinajstić information content (AvgIpc) is 3.36. The van der Waals surface area contributed by atoms with Gasteiger partial charge in [0.15, 0.2) is 5.78 Å². The summed E-state index contributed by atoms with van der Waals surface area (Å²) in [6, 6.07) is 19.6. The standard InChI is InChI=1S/C26H25N3O2S/c1-31-26-8-7-20(13-23(26)21-9-11-27-12-10-21)15-25(30)24(14-19-5-3-2-4-6-19)28-16-22-17-32-18-29-22/h2-13,17-18,24,28H,14-16H2,1H3/t24-/m0/s1. The number of Topliss-reactive ketones (excluding diaryl/α,β-unsaturated/α-hetero) is 1. The molecule has 0 saturated heterocycles. The fourth-order valence-corrected chi connectivity index (χ4v) is 4.21. The maximum Gasteiger partial charge on any atom is 0.154 e. The van der Waals surface area contributed by atoms with E-state index < -0.39 is 0 Å². The molecule has 0 spiro atoms. The third kappa shape index (κ3) is 5.66. The average molecular weight is 444 g/mol. The number of nitrogens with one attached hydrogen (secondary N) is 1. The van der Waals surface area contributed by atoms with Crippen LogP contribution >= 0.6 is 11.3 Å². The van der Waals surface area contributed by atoms with Crippen LogP contribution in [-0.2, 0) is 24.2 Å². The molecule has 32 heavy (non-hydrogen) atoms. The molecule has 0 aliphatic heterocycles. The largest absolute Gasteiger partial charge is 0.496 e. The molecule has 1 atom stereocenters. The number of methoxy groups -OCH3 is 1. The number of thiazole rings is 1. The highest BCUT2D eigenvalue weighted by Gasteiger charge is 2.20. The molecule has 2 aromatic heterocycles. The van der Waals surface area contributed by atoms with Crippen molar-refractivity contribution in [2.24, 2.45) is 0 Å². The summed E-state index contributed by atoms with van der Waals surface area (Å²) >= 11 is 1.56. The number of aromatic nitrogens is 2. The minimum absolute atomic E-state index is 0.148. The zero-order valence-corrected chi connectivity index (χ0v) is 18.7. The second kappa shape index (κ2) is 10.8. The van der Waals surface area contributed by atoms with Crippen molar-refractivity contribution in [2.45, 2.75) is 25.4 Å². The normalized spacial score (nSPS) is 11.8. The van der Waals surface area contributed by atoms with Gasteiger partial charge >= 0.3 is 0 Å². The predicted octanol–water partition coefficient (Wildman–Crippen LogP) is 4.73. The fourth-order valence-electron chi connectivity index (χ4n) is 3.65. The SMILES string of the molecule is COc1ccc(CC(=O)[C@H](Cc2ccccc2)NCc2cscn2)cc1-c1ccncc1. The molecule has 0 fully saturated rings. The van der Waals surface area contributed by atoms with E-state index in [1.54, 1.807) is 30.8 Å². The van der Waals surface area contributed by atoms with Crippen molar-refractivity contribution in [3.63, 3.8) is 0 Å². The van der Waals surface area contributed by atoms with Gasteiger partial charge in [0.25, 0.3) is 0 Å². The smallest absolute Gasteiger partial charge is 0.154 e. The highest BCUT2D eigenvalue weighted by atomic mass is 32.1. The quantitative estimate of drug-likeness (QED) is 0.384. The van der Waals surface area contributed by atoms with Gasteiger partial charge in [0.2, 0.25) is 0 Å². The second-order valence-corrected chi connectivity index (χ2v) is 8.24. The van der Waals surface area contributed by atoms with Gasteiger partial charge in [-0.3, -0.25) is 9.78 Å². The minimum atomic E-state index is -0.300. The van der Waals surface area contributed by atoms with Gasteiger partial charge in [-0.1, -0.05) is 36.4 Å². The first-order valence-corrected chi connectivity index (χ1v) is 11.4. The van der Waals surface area contributed by atoms with Gasteiger partial charge in [0, 0.05) is 36.3 Å². The van der Waals surface area contributed by atoms with Crippen LogP contribution in [0, 0.1) is 0 Å². The summed E-state index contributed by atoms with van der Waals surface area (Å²) in [5.74, 6) is 0.921. The highest BCUT2D eigenvalue weighted by Crippen LogP contribution is 2.30. The molecule has 0 saturated carbocycles. The lowest BCUT2D eigenvalue weighted by Gasteiger charge is -2.18. The number of ketones is 1. The summed E-state index contributed by atoms with van der Waals surface area (Å²) in [6.07, 6.45) is 4.48. The molecule has 0 unspecified atom stereocenters. The molecule has 6 heteroatoms. The molecule has 2 heterocycles.